The normalized spacial score (nSPS) is 17.4. The summed E-state index contributed by atoms with van der Waals surface area (Å²) in [5.74, 6) is 0.700. The fraction of sp³-hybridized carbons (Fsp3) is 0.382. The van der Waals surface area contributed by atoms with E-state index in [1.54, 1.807) is 0 Å². The van der Waals surface area contributed by atoms with Crippen LogP contribution in [-0.2, 0) is 11.1 Å². The van der Waals surface area contributed by atoms with E-state index in [0.29, 0.717) is 34.4 Å². The summed E-state index contributed by atoms with van der Waals surface area (Å²) in [7, 11) is -0.900. The van der Waals surface area contributed by atoms with Crippen molar-refractivity contribution in [3.8, 4) is 11.1 Å². The molecule has 6 nitrogen and oxygen atoms in total. The molecule has 0 bridgehead atoms. The van der Waals surface area contributed by atoms with Crippen LogP contribution in [0.3, 0.4) is 0 Å². The number of nitrogens with one attached hydrogen (secondary N) is 1. The highest BCUT2D eigenvalue weighted by Gasteiger charge is 2.29. The minimum Gasteiger partial charge on any atom is -0.440 e. The van der Waals surface area contributed by atoms with Gasteiger partial charge in [-0.15, -0.1) is 0 Å². The van der Waals surface area contributed by atoms with Gasteiger partial charge in [0.15, 0.2) is 5.43 Å². The van der Waals surface area contributed by atoms with Crippen molar-refractivity contribution in [2.75, 3.05) is 29.9 Å². The predicted octanol–water partition coefficient (Wildman–Crippen LogP) is 6.14. The number of piperidine rings is 1. The van der Waals surface area contributed by atoms with Gasteiger partial charge >= 0.3 is 7.12 Å². The molecule has 3 heterocycles. The van der Waals surface area contributed by atoms with Crippen molar-refractivity contribution in [2.45, 2.75) is 59.9 Å². The zero-order valence-corrected chi connectivity index (χ0v) is 24.7. The molecule has 6 rings (SSSR count). The zero-order valence-electron chi connectivity index (χ0n) is 24.7. The van der Waals surface area contributed by atoms with E-state index >= 15 is 0 Å². The number of aryl methyl sites for hydroxylation is 1. The van der Waals surface area contributed by atoms with Gasteiger partial charge in [0.25, 0.3) is 0 Å². The third kappa shape index (κ3) is 5.29. The summed E-state index contributed by atoms with van der Waals surface area (Å²) >= 11 is 0. The van der Waals surface area contributed by atoms with Crippen LogP contribution in [0.25, 0.3) is 22.1 Å². The molecule has 1 atom stereocenters. The lowest BCUT2D eigenvalue weighted by molar-refractivity contribution is 0.266. The van der Waals surface area contributed by atoms with E-state index in [2.05, 4.69) is 61.3 Å². The summed E-state index contributed by atoms with van der Waals surface area (Å²) < 4.78 is 12.1. The molecule has 1 fully saturated rings. The van der Waals surface area contributed by atoms with E-state index < -0.39 is 7.12 Å². The highest BCUT2D eigenvalue weighted by atomic mass is 16.5. The second-order valence-corrected chi connectivity index (χ2v) is 12.5. The van der Waals surface area contributed by atoms with Gasteiger partial charge in [-0.3, -0.25) is 4.79 Å². The molecule has 41 heavy (non-hydrogen) atoms. The van der Waals surface area contributed by atoms with Gasteiger partial charge in [0, 0.05) is 36.5 Å². The first-order valence-corrected chi connectivity index (χ1v) is 14.7. The van der Waals surface area contributed by atoms with Gasteiger partial charge in [0.2, 0.25) is 5.88 Å². The quantitative estimate of drug-likeness (QED) is 0.291. The third-order valence-corrected chi connectivity index (χ3v) is 8.91. The van der Waals surface area contributed by atoms with Crippen LogP contribution < -0.4 is 21.1 Å². The lowest BCUT2D eigenvalue weighted by atomic mass is 9.72. The summed E-state index contributed by atoms with van der Waals surface area (Å²) in [6.45, 7) is 12.9. The van der Waals surface area contributed by atoms with Crippen molar-refractivity contribution >= 4 is 35.1 Å². The van der Waals surface area contributed by atoms with Gasteiger partial charge in [-0.05, 0) is 79.7 Å². The molecule has 7 heteroatoms. The van der Waals surface area contributed by atoms with Crippen LogP contribution in [-0.4, -0.2) is 31.8 Å². The standard InChI is InChI=1S/C34H39BN2O4/c1-21-18-27(32-28(19-21)31(38)22(2)33(41-32)37-15-13-34(4,5)14-16-37)23(3)36-30-9-7-6-8-26(30)25-11-10-24-12-17-40-35(39)29(24)20-25/h6-11,18-20,23,36,39H,12-17H2,1-5H3/t23-/m1/s1. The minimum atomic E-state index is -0.900. The maximum atomic E-state index is 13.6. The van der Waals surface area contributed by atoms with Gasteiger partial charge in [-0.2, -0.15) is 0 Å². The Morgan fingerprint density at radius 1 is 1.05 bits per heavy atom. The van der Waals surface area contributed by atoms with Crippen molar-refractivity contribution in [2.24, 2.45) is 5.41 Å². The van der Waals surface area contributed by atoms with Crippen LogP contribution in [0.2, 0.25) is 0 Å². The molecule has 2 aliphatic heterocycles. The molecule has 4 aromatic rings. The minimum absolute atomic E-state index is 0.0402. The Bertz CT molecular complexity index is 1670. The Morgan fingerprint density at radius 3 is 2.59 bits per heavy atom. The number of fused-ring (bicyclic) bond motifs is 2. The van der Waals surface area contributed by atoms with Crippen LogP contribution in [0.5, 0.6) is 0 Å². The van der Waals surface area contributed by atoms with E-state index in [0.717, 1.165) is 71.3 Å². The van der Waals surface area contributed by atoms with E-state index in [1.807, 2.05) is 38.1 Å². The number of para-hydroxylation sites is 1. The molecule has 2 N–H and O–H groups in total. The van der Waals surface area contributed by atoms with E-state index in [9.17, 15) is 9.82 Å². The Kier molecular flexibility index (Phi) is 7.20. The molecule has 0 spiro atoms. The first-order chi connectivity index (χ1) is 19.6. The SMILES string of the molecule is Cc1cc([C@@H](C)Nc2ccccc2-c2ccc3c(c2)B(O)OCC3)c2oc(N3CCC(C)(C)CC3)c(C)c(=O)c2c1. The molecule has 0 aliphatic carbocycles. The van der Waals surface area contributed by atoms with Gasteiger partial charge in [0.05, 0.1) is 17.0 Å². The smallest absolute Gasteiger partial charge is 0.440 e. The van der Waals surface area contributed by atoms with Crippen LogP contribution in [0.1, 0.15) is 61.9 Å². The van der Waals surface area contributed by atoms with Gasteiger partial charge in [-0.1, -0.05) is 56.3 Å². The second-order valence-electron chi connectivity index (χ2n) is 12.5. The number of nitrogens with zero attached hydrogens (tertiary/aromatic N) is 1. The first kappa shape index (κ1) is 27.6. The Labute approximate surface area is 242 Å². The fourth-order valence-electron chi connectivity index (χ4n) is 6.26. The zero-order chi connectivity index (χ0) is 28.9. The largest absolute Gasteiger partial charge is 0.491 e. The predicted molar refractivity (Wildman–Crippen MR) is 168 cm³/mol. The average Bonchev–Trinajstić information content (AvgIpc) is 2.95. The highest BCUT2D eigenvalue weighted by molar-refractivity contribution is 6.61. The topological polar surface area (TPSA) is 74.9 Å². The van der Waals surface area contributed by atoms with Crippen LogP contribution in [0, 0.1) is 19.3 Å². The number of hydrogen-bond acceptors (Lipinski definition) is 6. The van der Waals surface area contributed by atoms with Crippen molar-refractivity contribution in [3.63, 3.8) is 0 Å². The van der Waals surface area contributed by atoms with Crippen LogP contribution in [0.4, 0.5) is 11.6 Å². The summed E-state index contributed by atoms with van der Waals surface area (Å²) in [6.07, 6.45) is 2.93. The Hall–Kier alpha value is -3.55. The first-order valence-electron chi connectivity index (χ1n) is 14.7. The number of anilines is 2. The lowest BCUT2D eigenvalue weighted by Crippen LogP contribution is -2.41. The van der Waals surface area contributed by atoms with Crippen LogP contribution >= 0.6 is 0 Å². The monoisotopic (exact) mass is 550 g/mol. The Morgan fingerprint density at radius 2 is 1.80 bits per heavy atom. The molecular formula is C34H39BN2O4. The summed E-state index contributed by atoms with van der Waals surface area (Å²) in [5, 5.41) is 14.8. The molecule has 212 valence electrons. The average molecular weight is 551 g/mol. The second kappa shape index (κ2) is 10.7. The molecule has 0 amide bonds. The summed E-state index contributed by atoms with van der Waals surface area (Å²) in [6, 6.07) is 18.3. The van der Waals surface area contributed by atoms with Crippen LogP contribution in [0.15, 0.2) is 63.8 Å². The number of rotatable bonds is 5. The molecule has 1 saturated heterocycles. The van der Waals surface area contributed by atoms with E-state index in [1.165, 1.54) is 0 Å². The van der Waals surface area contributed by atoms with E-state index in [4.69, 9.17) is 9.07 Å². The Balaban J connectivity index is 1.38. The third-order valence-electron chi connectivity index (χ3n) is 8.91. The maximum Gasteiger partial charge on any atom is 0.491 e. The van der Waals surface area contributed by atoms with Crippen molar-refractivity contribution in [1.29, 1.82) is 0 Å². The summed E-state index contributed by atoms with van der Waals surface area (Å²) in [5.41, 5.74) is 8.61. The molecule has 0 saturated carbocycles. The maximum absolute atomic E-state index is 13.6. The lowest BCUT2D eigenvalue weighted by Gasteiger charge is -2.37. The van der Waals surface area contributed by atoms with E-state index in [-0.39, 0.29) is 11.5 Å². The molecular weight excluding hydrogens is 511 g/mol. The summed E-state index contributed by atoms with van der Waals surface area (Å²) in [4.78, 5) is 15.9. The number of hydrogen-bond donors (Lipinski definition) is 2. The molecule has 2 aliphatic rings. The van der Waals surface area contributed by atoms with Gasteiger partial charge in [-0.25, -0.2) is 0 Å². The molecule has 0 unspecified atom stereocenters. The van der Waals surface area contributed by atoms with Crippen molar-refractivity contribution in [3.05, 3.63) is 87.1 Å². The number of benzene rings is 3. The van der Waals surface area contributed by atoms with Crippen molar-refractivity contribution in [1.82, 2.24) is 0 Å². The van der Waals surface area contributed by atoms with Crippen molar-refractivity contribution < 1.29 is 14.1 Å². The highest BCUT2D eigenvalue weighted by Crippen LogP contribution is 2.37. The molecule has 0 radical (unpaired) electrons. The van der Waals surface area contributed by atoms with Gasteiger partial charge < -0.3 is 24.3 Å². The fourth-order valence-corrected chi connectivity index (χ4v) is 6.26. The molecule has 1 aromatic heterocycles. The van der Waals surface area contributed by atoms with Gasteiger partial charge in [0.1, 0.15) is 5.58 Å². The molecule has 3 aromatic carbocycles.